The molecule has 0 aromatic carbocycles. The minimum absolute atomic E-state index is 0.0888. The van der Waals surface area contributed by atoms with Gasteiger partial charge in [-0.1, -0.05) is 11.9 Å². The quantitative estimate of drug-likeness (QED) is 0.421. The van der Waals surface area contributed by atoms with Crippen molar-refractivity contribution in [2.45, 2.75) is 19.5 Å². The lowest BCUT2D eigenvalue weighted by atomic mass is 10.4. The van der Waals surface area contributed by atoms with E-state index in [1.54, 1.807) is 0 Å². The van der Waals surface area contributed by atoms with Gasteiger partial charge in [-0.05, 0) is 6.42 Å². The van der Waals surface area contributed by atoms with Gasteiger partial charge in [0.05, 0.1) is 0 Å². The summed E-state index contributed by atoms with van der Waals surface area (Å²) in [5.74, 6) is 0. The standard InChI is InChI=1S/C4H8N4O2/c1-2-4-6-5-3-7(4)8(9)10/h4H,2-3H2,1H3. The zero-order valence-electron chi connectivity index (χ0n) is 5.60. The second-order valence-electron chi connectivity index (χ2n) is 1.96. The Balaban J connectivity index is 2.56. The van der Waals surface area contributed by atoms with Crippen LogP contribution in [0.1, 0.15) is 13.3 Å². The molecule has 1 heterocycles. The fourth-order valence-electron chi connectivity index (χ4n) is 0.802. The maximum Gasteiger partial charge on any atom is 0.201 e. The van der Waals surface area contributed by atoms with Crippen LogP contribution in [0.5, 0.6) is 0 Å². The molecule has 6 nitrogen and oxygen atoms in total. The summed E-state index contributed by atoms with van der Waals surface area (Å²) >= 11 is 0. The third-order valence-corrected chi connectivity index (χ3v) is 1.34. The lowest BCUT2D eigenvalue weighted by Crippen LogP contribution is -2.34. The third-order valence-electron chi connectivity index (χ3n) is 1.34. The molecular formula is C4H8N4O2. The highest BCUT2D eigenvalue weighted by molar-refractivity contribution is 4.62. The molecular weight excluding hydrogens is 136 g/mol. The van der Waals surface area contributed by atoms with Gasteiger partial charge in [-0.3, -0.25) is 0 Å². The average molecular weight is 144 g/mol. The molecule has 6 heteroatoms. The van der Waals surface area contributed by atoms with Gasteiger partial charge in [-0.15, -0.1) is 0 Å². The van der Waals surface area contributed by atoms with E-state index >= 15 is 0 Å². The molecule has 1 aliphatic rings. The molecule has 0 radical (unpaired) electrons. The highest BCUT2D eigenvalue weighted by Gasteiger charge is 2.28. The minimum Gasteiger partial charge on any atom is -0.235 e. The van der Waals surface area contributed by atoms with E-state index in [1.807, 2.05) is 6.92 Å². The zero-order valence-corrected chi connectivity index (χ0v) is 5.60. The third kappa shape index (κ3) is 1.04. The predicted molar refractivity (Wildman–Crippen MR) is 32.6 cm³/mol. The van der Waals surface area contributed by atoms with Crippen LogP contribution >= 0.6 is 0 Å². The van der Waals surface area contributed by atoms with E-state index in [1.165, 1.54) is 0 Å². The van der Waals surface area contributed by atoms with Crippen molar-refractivity contribution in [2.24, 2.45) is 10.2 Å². The molecule has 1 atom stereocenters. The van der Waals surface area contributed by atoms with Gasteiger partial charge in [0.1, 0.15) is 0 Å². The van der Waals surface area contributed by atoms with Crippen LogP contribution in [-0.4, -0.2) is 22.9 Å². The summed E-state index contributed by atoms with van der Waals surface area (Å²) in [7, 11) is 0. The summed E-state index contributed by atoms with van der Waals surface area (Å²) in [6.07, 6.45) is 0.278. The molecule has 0 N–H and O–H groups in total. The van der Waals surface area contributed by atoms with Crippen LogP contribution in [-0.2, 0) is 0 Å². The topological polar surface area (TPSA) is 71.1 Å². The summed E-state index contributed by atoms with van der Waals surface area (Å²) in [6, 6.07) is 0. The first kappa shape index (κ1) is 6.91. The zero-order chi connectivity index (χ0) is 7.56. The molecule has 0 bridgehead atoms. The fourth-order valence-corrected chi connectivity index (χ4v) is 0.802. The first-order valence-electron chi connectivity index (χ1n) is 3.03. The number of nitro groups is 1. The Morgan fingerprint density at radius 2 is 2.60 bits per heavy atom. The summed E-state index contributed by atoms with van der Waals surface area (Å²) in [4.78, 5) is 10.2. The lowest BCUT2D eigenvalue weighted by molar-refractivity contribution is -0.660. The number of rotatable bonds is 2. The van der Waals surface area contributed by atoms with Crippen LogP contribution in [0.3, 0.4) is 0 Å². The second kappa shape index (κ2) is 2.59. The first-order valence-corrected chi connectivity index (χ1v) is 3.03. The Morgan fingerprint density at radius 1 is 1.90 bits per heavy atom. The molecule has 56 valence electrons. The fraction of sp³-hybridized carbons (Fsp3) is 1.00. The summed E-state index contributed by atoms with van der Waals surface area (Å²) in [6.45, 7) is 1.93. The second-order valence-corrected chi connectivity index (χ2v) is 1.96. The summed E-state index contributed by atoms with van der Waals surface area (Å²) in [5.41, 5.74) is 0. The van der Waals surface area contributed by atoms with Crippen LogP contribution in [0, 0.1) is 10.1 Å². The molecule has 0 aromatic rings. The van der Waals surface area contributed by atoms with Crippen molar-refractivity contribution in [1.29, 1.82) is 0 Å². The SMILES string of the molecule is CCC1N=NCN1[N+](=O)[O-]. The molecule has 1 rings (SSSR count). The van der Waals surface area contributed by atoms with Crippen LogP contribution in [0.2, 0.25) is 0 Å². The number of hydrogen-bond donors (Lipinski definition) is 0. The Hall–Kier alpha value is -1.20. The predicted octanol–water partition coefficient (Wildman–Crippen LogP) is 0.639. The van der Waals surface area contributed by atoms with Crippen LogP contribution in [0.4, 0.5) is 0 Å². The molecule has 1 aliphatic heterocycles. The van der Waals surface area contributed by atoms with E-state index < -0.39 is 5.03 Å². The van der Waals surface area contributed by atoms with Gasteiger partial charge in [-0.2, -0.15) is 10.2 Å². The molecule has 0 saturated carbocycles. The van der Waals surface area contributed by atoms with Gasteiger partial charge in [-0.25, -0.2) is 10.1 Å². The maximum atomic E-state index is 10.2. The summed E-state index contributed by atoms with van der Waals surface area (Å²) in [5, 5.41) is 17.9. The largest absolute Gasteiger partial charge is 0.235 e. The smallest absolute Gasteiger partial charge is 0.201 e. The molecule has 0 fully saturated rings. The van der Waals surface area contributed by atoms with E-state index in [4.69, 9.17) is 0 Å². The van der Waals surface area contributed by atoms with E-state index in [0.717, 1.165) is 5.01 Å². The number of hydrazine groups is 1. The average Bonchev–Trinajstić information content (AvgIpc) is 2.33. The Kier molecular flexibility index (Phi) is 1.79. The normalized spacial score (nSPS) is 23.7. The first-order chi connectivity index (χ1) is 4.75. The Morgan fingerprint density at radius 3 is 3.00 bits per heavy atom. The van der Waals surface area contributed by atoms with Crippen molar-refractivity contribution >= 4 is 0 Å². The molecule has 0 amide bonds. The molecule has 1 unspecified atom stereocenters. The molecule has 0 spiro atoms. The Bertz CT molecular complexity index is 169. The molecule has 10 heavy (non-hydrogen) atoms. The number of azo groups is 1. The van der Waals surface area contributed by atoms with Crippen LogP contribution < -0.4 is 0 Å². The maximum absolute atomic E-state index is 10.2. The van der Waals surface area contributed by atoms with Crippen molar-refractivity contribution in [3.05, 3.63) is 10.1 Å². The Labute approximate surface area is 57.7 Å². The van der Waals surface area contributed by atoms with Gasteiger partial charge in [0, 0.05) is 0 Å². The van der Waals surface area contributed by atoms with Crippen LogP contribution in [0.15, 0.2) is 10.2 Å². The van der Waals surface area contributed by atoms with E-state index in [-0.39, 0.29) is 12.8 Å². The molecule has 0 aromatic heterocycles. The van der Waals surface area contributed by atoms with Crippen molar-refractivity contribution in [3.63, 3.8) is 0 Å². The number of nitrogens with zero attached hydrogens (tertiary/aromatic N) is 4. The summed E-state index contributed by atoms with van der Waals surface area (Å²) < 4.78 is 0. The van der Waals surface area contributed by atoms with E-state index in [9.17, 15) is 10.1 Å². The van der Waals surface area contributed by atoms with Crippen molar-refractivity contribution in [1.82, 2.24) is 5.01 Å². The van der Waals surface area contributed by atoms with Gasteiger partial charge in [0.15, 0.2) is 11.7 Å². The monoisotopic (exact) mass is 144 g/mol. The minimum atomic E-state index is -0.464. The van der Waals surface area contributed by atoms with Crippen LogP contribution in [0.25, 0.3) is 0 Å². The molecule has 0 aliphatic carbocycles. The highest BCUT2D eigenvalue weighted by atomic mass is 16.7. The number of hydrogen-bond acceptors (Lipinski definition) is 4. The van der Waals surface area contributed by atoms with Gasteiger partial charge in [0.25, 0.3) is 0 Å². The molecule has 0 saturated heterocycles. The highest BCUT2D eigenvalue weighted by Crippen LogP contribution is 2.12. The van der Waals surface area contributed by atoms with Gasteiger partial charge >= 0.3 is 0 Å². The van der Waals surface area contributed by atoms with E-state index in [2.05, 4.69) is 10.2 Å². The van der Waals surface area contributed by atoms with Crippen molar-refractivity contribution in [3.8, 4) is 0 Å². The van der Waals surface area contributed by atoms with E-state index in [0.29, 0.717) is 6.42 Å². The van der Waals surface area contributed by atoms with Gasteiger partial charge < -0.3 is 0 Å². The van der Waals surface area contributed by atoms with Crippen molar-refractivity contribution < 1.29 is 5.03 Å². The van der Waals surface area contributed by atoms with Gasteiger partial charge in [0.2, 0.25) is 6.17 Å². The van der Waals surface area contributed by atoms with Crippen molar-refractivity contribution in [2.75, 3.05) is 6.67 Å². The lowest BCUT2D eigenvalue weighted by Gasteiger charge is -2.09.